The van der Waals surface area contributed by atoms with E-state index in [0.717, 1.165) is 37.3 Å². The highest BCUT2D eigenvalue weighted by Gasteiger charge is 2.39. The lowest BCUT2D eigenvalue weighted by atomic mass is 9.76. The number of aromatic nitrogens is 2. The molecule has 0 N–H and O–H groups in total. The van der Waals surface area contributed by atoms with Gasteiger partial charge in [0.05, 0.1) is 30.7 Å². The standard InChI is InChI=1S/C30H27N3O/c1-4-11-24(12-5-1)30(25-13-6-2-7-14-25,26-15-8-3-9-16-26)33-23-31-29-27(17-10-18-28(29)33)32-19-21-34-22-20-32/h1-18,23H,19-22H2. The maximum absolute atomic E-state index is 5.60. The van der Waals surface area contributed by atoms with Crippen molar-refractivity contribution in [3.8, 4) is 0 Å². The molecule has 1 fully saturated rings. The van der Waals surface area contributed by atoms with E-state index in [2.05, 4.69) is 119 Å². The molecule has 0 bridgehead atoms. The third-order valence-electron chi connectivity index (χ3n) is 6.84. The van der Waals surface area contributed by atoms with Crippen molar-refractivity contribution in [2.75, 3.05) is 31.2 Å². The van der Waals surface area contributed by atoms with Gasteiger partial charge in [-0.1, -0.05) is 97.1 Å². The van der Waals surface area contributed by atoms with Crippen LogP contribution >= 0.6 is 0 Å². The normalized spacial score (nSPS) is 14.4. The monoisotopic (exact) mass is 445 g/mol. The fourth-order valence-corrected chi connectivity index (χ4v) is 5.31. The number of rotatable bonds is 5. The van der Waals surface area contributed by atoms with E-state index in [0.29, 0.717) is 0 Å². The van der Waals surface area contributed by atoms with Crippen LogP contribution in [-0.4, -0.2) is 35.9 Å². The molecule has 5 aromatic rings. The molecule has 4 nitrogen and oxygen atoms in total. The summed E-state index contributed by atoms with van der Waals surface area (Å²) in [6.45, 7) is 3.26. The van der Waals surface area contributed by atoms with Gasteiger partial charge in [0.2, 0.25) is 0 Å². The van der Waals surface area contributed by atoms with Crippen molar-refractivity contribution in [1.29, 1.82) is 0 Å². The molecule has 0 aliphatic carbocycles. The van der Waals surface area contributed by atoms with E-state index in [1.807, 2.05) is 6.33 Å². The summed E-state index contributed by atoms with van der Waals surface area (Å²) in [5.74, 6) is 0. The number of morpholine rings is 1. The van der Waals surface area contributed by atoms with Crippen LogP contribution in [-0.2, 0) is 10.3 Å². The lowest BCUT2D eigenvalue weighted by Gasteiger charge is -2.38. The molecule has 1 aliphatic heterocycles. The van der Waals surface area contributed by atoms with Gasteiger partial charge in [0.15, 0.2) is 0 Å². The smallest absolute Gasteiger partial charge is 0.122 e. The highest BCUT2D eigenvalue weighted by Crippen LogP contribution is 2.43. The molecule has 0 unspecified atom stereocenters. The maximum Gasteiger partial charge on any atom is 0.122 e. The molecule has 0 radical (unpaired) electrons. The molecule has 4 heteroatoms. The molecular formula is C30H27N3O. The molecule has 4 aromatic carbocycles. The summed E-state index contributed by atoms with van der Waals surface area (Å²) in [4.78, 5) is 7.40. The number of ether oxygens (including phenoxy) is 1. The molecule has 168 valence electrons. The molecule has 1 aromatic heterocycles. The van der Waals surface area contributed by atoms with Crippen LogP contribution in [0.2, 0.25) is 0 Å². The van der Waals surface area contributed by atoms with E-state index in [4.69, 9.17) is 9.72 Å². The Hall–Kier alpha value is -3.89. The molecule has 1 saturated heterocycles. The molecule has 1 aliphatic rings. The third-order valence-corrected chi connectivity index (χ3v) is 6.84. The van der Waals surface area contributed by atoms with E-state index in [1.54, 1.807) is 0 Å². The second kappa shape index (κ2) is 8.81. The number of benzene rings is 4. The van der Waals surface area contributed by atoms with Crippen LogP contribution in [0.3, 0.4) is 0 Å². The maximum atomic E-state index is 5.60. The largest absolute Gasteiger partial charge is 0.378 e. The van der Waals surface area contributed by atoms with Crippen LogP contribution in [0.25, 0.3) is 11.0 Å². The number of anilines is 1. The molecule has 0 saturated carbocycles. The zero-order valence-corrected chi connectivity index (χ0v) is 19.0. The minimum Gasteiger partial charge on any atom is -0.378 e. The van der Waals surface area contributed by atoms with Crippen molar-refractivity contribution in [2.45, 2.75) is 5.54 Å². The highest BCUT2D eigenvalue weighted by atomic mass is 16.5. The van der Waals surface area contributed by atoms with Gasteiger partial charge in [-0.3, -0.25) is 0 Å². The van der Waals surface area contributed by atoms with Gasteiger partial charge in [0.25, 0.3) is 0 Å². The van der Waals surface area contributed by atoms with Gasteiger partial charge in [-0.25, -0.2) is 4.98 Å². The minimum absolute atomic E-state index is 0.567. The van der Waals surface area contributed by atoms with Crippen LogP contribution in [0.15, 0.2) is 116 Å². The number of imidazole rings is 1. The summed E-state index contributed by atoms with van der Waals surface area (Å²) in [6.07, 6.45) is 2.02. The van der Waals surface area contributed by atoms with Crippen molar-refractivity contribution < 1.29 is 4.74 Å². The average molecular weight is 446 g/mol. The molecule has 6 rings (SSSR count). The molecule has 0 amide bonds. The minimum atomic E-state index is -0.567. The molecule has 34 heavy (non-hydrogen) atoms. The van der Waals surface area contributed by atoms with Gasteiger partial charge in [0.1, 0.15) is 11.1 Å². The fraction of sp³-hybridized carbons (Fsp3) is 0.167. The Balaban J connectivity index is 1.68. The van der Waals surface area contributed by atoms with Crippen LogP contribution in [0.4, 0.5) is 5.69 Å². The average Bonchev–Trinajstić information content (AvgIpc) is 3.36. The summed E-state index contributed by atoms with van der Waals surface area (Å²) in [6, 6.07) is 38.8. The first kappa shape index (κ1) is 20.7. The summed E-state index contributed by atoms with van der Waals surface area (Å²) >= 11 is 0. The van der Waals surface area contributed by atoms with Crippen LogP contribution in [0.5, 0.6) is 0 Å². The SMILES string of the molecule is c1ccc(C(c2ccccc2)(c2ccccc2)n2cnc3c(N4CCOCC4)cccc32)cc1. The fourth-order valence-electron chi connectivity index (χ4n) is 5.31. The number of para-hydroxylation sites is 1. The number of hydrogen-bond donors (Lipinski definition) is 0. The number of hydrogen-bond acceptors (Lipinski definition) is 3. The second-order valence-corrected chi connectivity index (χ2v) is 8.67. The highest BCUT2D eigenvalue weighted by molar-refractivity contribution is 5.90. The molecular weight excluding hydrogens is 418 g/mol. The summed E-state index contributed by atoms with van der Waals surface area (Å²) in [5.41, 5.74) is 6.33. The third kappa shape index (κ3) is 3.30. The van der Waals surface area contributed by atoms with Crippen molar-refractivity contribution in [3.63, 3.8) is 0 Å². The topological polar surface area (TPSA) is 30.3 Å². The number of nitrogens with zero attached hydrogens (tertiary/aromatic N) is 3. The predicted octanol–water partition coefficient (Wildman–Crippen LogP) is 5.71. The van der Waals surface area contributed by atoms with E-state index in [-0.39, 0.29) is 0 Å². The van der Waals surface area contributed by atoms with E-state index in [9.17, 15) is 0 Å². The van der Waals surface area contributed by atoms with Gasteiger partial charge in [-0.2, -0.15) is 0 Å². The first-order chi connectivity index (χ1) is 16.9. The summed E-state index contributed by atoms with van der Waals surface area (Å²) in [5, 5.41) is 0. The van der Waals surface area contributed by atoms with Crippen LogP contribution in [0, 0.1) is 0 Å². The quantitative estimate of drug-likeness (QED) is 0.325. The van der Waals surface area contributed by atoms with Crippen molar-refractivity contribution in [3.05, 3.63) is 132 Å². The first-order valence-corrected chi connectivity index (χ1v) is 11.8. The Bertz CT molecular complexity index is 1280. The summed E-state index contributed by atoms with van der Waals surface area (Å²) in [7, 11) is 0. The van der Waals surface area contributed by atoms with Crippen LogP contribution < -0.4 is 4.90 Å². The molecule has 2 heterocycles. The van der Waals surface area contributed by atoms with Crippen LogP contribution in [0.1, 0.15) is 16.7 Å². The zero-order valence-electron chi connectivity index (χ0n) is 19.0. The van der Waals surface area contributed by atoms with Crippen molar-refractivity contribution in [1.82, 2.24) is 9.55 Å². The van der Waals surface area contributed by atoms with Gasteiger partial charge in [-0.15, -0.1) is 0 Å². The van der Waals surface area contributed by atoms with Gasteiger partial charge < -0.3 is 14.2 Å². The Morgan fingerprint density at radius 2 is 1.15 bits per heavy atom. The Kier molecular flexibility index (Phi) is 5.36. The Morgan fingerprint density at radius 1 is 0.618 bits per heavy atom. The van der Waals surface area contributed by atoms with Gasteiger partial charge >= 0.3 is 0 Å². The van der Waals surface area contributed by atoms with E-state index < -0.39 is 5.54 Å². The Morgan fingerprint density at radius 3 is 1.68 bits per heavy atom. The van der Waals surface area contributed by atoms with Crippen molar-refractivity contribution in [2.24, 2.45) is 0 Å². The van der Waals surface area contributed by atoms with E-state index in [1.165, 1.54) is 22.4 Å². The molecule has 0 atom stereocenters. The number of fused-ring (bicyclic) bond motifs is 1. The second-order valence-electron chi connectivity index (χ2n) is 8.67. The van der Waals surface area contributed by atoms with Crippen molar-refractivity contribution >= 4 is 16.7 Å². The Labute approximate surface area is 200 Å². The van der Waals surface area contributed by atoms with E-state index >= 15 is 0 Å². The lowest BCUT2D eigenvalue weighted by Crippen LogP contribution is -2.37. The van der Waals surface area contributed by atoms with Gasteiger partial charge in [0, 0.05) is 13.1 Å². The van der Waals surface area contributed by atoms with Gasteiger partial charge in [-0.05, 0) is 28.8 Å². The lowest BCUT2D eigenvalue weighted by molar-refractivity contribution is 0.123. The zero-order chi connectivity index (χ0) is 22.8. The first-order valence-electron chi connectivity index (χ1n) is 11.8. The predicted molar refractivity (Wildman–Crippen MR) is 137 cm³/mol. The molecule has 0 spiro atoms. The summed E-state index contributed by atoms with van der Waals surface area (Å²) < 4.78 is 7.95.